The number of aromatic nitrogens is 1. The van der Waals surface area contributed by atoms with Gasteiger partial charge in [-0.25, -0.2) is 10.8 Å². The van der Waals surface area contributed by atoms with Crippen molar-refractivity contribution in [2.45, 2.75) is 13.8 Å². The summed E-state index contributed by atoms with van der Waals surface area (Å²) < 4.78 is 0. The van der Waals surface area contributed by atoms with Crippen molar-refractivity contribution in [1.29, 1.82) is 0 Å². The lowest BCUT2D eigenvalue weighted by Gasteiger charge is -2.19. The van der Waals surface area contributed by atoms with Gasteiger partial charge in [-0.2, -0.15) is 5.10 Å². The van der Waals surface area contributed by atoms with Gasteiger partial charge in [0.1, 0.15) is 5.82 Å². The average Bonchev–Trinajstić information content (AvgIpc) is 2.62. The molecule has 0 saturated heterocycles. The van der Waals surface area contributed by atoms with Gasteiger partial charge in [-0.1, -0.05) is 24.3 Å². The highest BCUT2D eigenvalue weighted by molar-refractivity contribution is 6.03. The van der Waals surface area contributed by atoms with Crippen molar-refractivity contribution in [3.05, 3.63) is 54.2 Å². The number of amidine groups is 1. The molecule has 1 aromatic heterocycles. The maximum atomic E-state index is 11.1. The van der Waals surface area contributed by atoms with Crippen LogP contribution >= 0.6 is 0 Å². The van der Waals surface area contributed by atoms with Gasteiger partial charge in [0, 0.05) is 24.4 Å². The van der Waals surface area contributed by atoms with Crippen molar-refractivity contribution in [2.75, 3.05) is 17.6 Å². The first kappa shape index (κ1) is 18.9. The molecule has 2 aromatic rings. The number of nitrogen functional groups attached to an aromatic ring is 1. The van der Waals surface area contributed by atoms with Crippen molar-refractivity contribution >= 4 is 23.2 Å². The van der Waals surface area contributed by atoms with E-state index in [0.29, 0.717) is 23.6 Å². The van der Waals surface area contributed by atoms with Crippen molar-refractivity contribution in [3.8, 4) is 11.1 Å². The number of pyridine rings is 1. The molecule has 0 saturated carbocycles. The molecule has 0 aliphatic rings. The number of amides is 1. The summed E-state index contributed by atoms with van der Waals surface area (Å²) in [7, 11) is 0. The lowest BCUT2D eigenvalue weighted by Crippen LogP contribution is -2.39. The molecule has 0 radical (unpaired) electrons. The smallest absolute Gasteiger partial charge is 0.221 e. The van der Waals surface area contributed by atoms with Gasteiger partial charge in [-0.15, -0.1) is 0 Å². The molecule has 0 aliphatic heterocycles. The lowest BCUT2D eigenvalue weighted by atomic mass is 10.0. The highest BCUT2D eigenvalue weighted by atomic mass is 16.1. The number of hydrazone groups is 1. The summed E-state index contributed by atoms with van der Waals surface area (Å²) >= 11 is 0. The van der Waals surface area contributed by atoms with Crippen LogP contribution in [0.4, 0.5) is 11.5 Å². The first-order valence-corrected chi connectivity index (χ1v) is 8.01. The van der Waals surface area contributed by atoms with Crippen LogP contribution in [0.25, 0.3) is 11.1 Å². The van der Waals surface area contributed by atoms with Crippen LogP contribution in [0.2, 0.25) is 0 Å². The van der Waals surface area contributed by atoms with Crippen molar-refractivity contribution in [2.24, 2.45) is 16.8 Å². The minimum absolute atomic E-state index is 0.123. The minimum Gasteiger partial charge on any atom is -0.383 e. The van der Waals surface area contributed by atoms with Crippen LogP contribution in [0.1, 0.15) is 19.4 Å². The number of nitrogens with one attached hydrogen (secondary N) is 1. The summed E-state index contributed by atoms with van der Waals surface area (Å²) in [5.74, 6) is 12.0. The number of hydrogen-bond donors (Lipinski definition) is 4. The molecular formula is C18H23N7O. The Morgan fingerprint density at radius 2 is 2.00 bits per heavy atom. The van der Waals surface area contributed by atoms with E-state index in [9.17, 15) is 4.79 Å². The Morgan fingerprint density at radius 3 is 2.58 bits per heavy atom. The van der Waals surface area contributed by atoms with Crippen LogP contribution in [0.15, 0.2) is 53.8 Å². The Kier molecular flexibility index (Phi) is 6.29. The predicted octanol–water partition coefficient (Wildman–Crippen LogP) is 1.66. The van der Waals surface area contributed by atoms with Crippen molar-refractivity contribution < 1.29 is 4.79 Å². The number of allylic oxidation sites excluding steroid dienone is 1. The summed E-state index contributed by atoms with van der Waals surface area (Å²) in [6.45, 7) is 3.79. The highest BCUT2D eigenvalue weighted by Crippen LogP contribution is 2.24. The number of hydrazine groups is 1. The summed E-state index contributed by atoms with van der Waals surface area (Å²) in [5, 5.41) is 7.90. The number of anilines is 2. The molecule has 1 amide bonds. The summed E-state index contributed by atoms with van der Waals surface area (Å²) in [6, 6.07) is 9.21. The van der Waals surface area contributed by atoms with E-state index < -0.39 is 0 Å². The van der Waals surface area contributed by atoms with E-state index in [1.165, 1.54) is 11.9 Å². The maximum Gasteiger partial charge on any atom is 0.221 e. The fraction of sp³-hybridized carbons (Fsp3) is 0.167. The second kappa shape index (κ2) is 8.63. The number of hydrogen-bond acceptors (Lipinski definition) is 6. The van der Waals surface area contributed by atoms with Crippen LogP contribution in [-0.4, -0.2) is 28.3 Å². The summed E-state index contributed by atoms with van der Waals surface area (Å²) in [5.41, 5.74) is 8.98. The second-order valence-corrected chi connectivity index (χ2v) is 5.59. The molecular weight excluding hydrogens is 330 g/mol. The van der Waals surface area contributed by atoms with Gasteiger partial charge in [0.15, 0.2) is 5.84 Å². The molecule has 1 aromatic carbocycles. The van der Waals surface area contributed by atoms with Gasteiger partial charge in [0.25, 0.3) is 0 Å². The molecule has 8 nitrogen and oxygen atoms in total. The molecule has 0 spiro atoms. The van der Waals surface area contributed by atoms with Gasteiger partial charge in [-0.3, -0.25) is 9.80 Å². The number of nitrogens with two attached hydrogens (primary N) is 3. The van der Waals surface area contributed by atoms with Crippen LogP contribution < -0.4 is 22.7 Å². The zero-order valence-corrected chi connectivity index (χ0v) is 14.8. The second-order valence-electron chi connectivity index (χ2n) is 5.59. The van der Waals surface area contributed by atoms with Gasteiger partial charge in [-0.05, 0) is 30.7 Å². The zero-order valence-electron chi connectivity index (χ0n) is 14.8. The first-order chi connectivity index (χ1) is 12.5. The monoisotopic (exact) mass is 353 g/mol. The Morgan fingerprint density at radius 1 is 1.31 bits per heavy atom. The molecule has 136 valence electrons. The number of rotatable bonds is 5. The van der Waals surface area contributed by atoms with E-state index in [-0.39, 0.29) is 11.7 Å². The SMILES string of the molecule is C/C=C\CN(N)/C(=N\N)c1cc(-c2ccc(NC(C)=O)cc2)cnc1N. The molecule has 0 unspecified atom stereocenters. The van der Waals surface area contributed by atoms with Gasteiger partial charge in [0.05, 0.1) is 12.1 Å². The maximum absolute atomic E-state index is 11.1. The molecule has 8 heteroatoms. The third kappa shape index (κ3) is 4.58. The third-order valence-corrected chi connectivity index (χ3v) is 3.63. The van der Waals surface area contributed by atoms with E-state index in [1.807, 2.05) is 49.4 Å². The fourth-order valence-electron chi connectivity index (χ4n) is 2.37. The molecule has 2 rings (SSSR count). The minimum atomic E-state index is -0.123. The summed E-state index contributed by atoms with van der Waals surface area (Å²) in [6.07, 6.45) is 5.41. The molecule has 0 aliphatic carbocycles. The molecule has 26 heavy (non-hydrogen) atoms. The topological polar surface area (TPSA) is 136 Å². The Balaban J connectivity index is 2.35. The number of benzene rings is 1. The zero-order chi connectivity index (χ0) is 19.1. The van der Waals surface area contributed by atoms with Gasteiger partial charge in [0.2, 0.25) is 5.91 Å². The molecule has 1 heterocycles. The molecule has 0 bridgehead atoms. The van der Waals surface area contributed by atoms with E-state index in [2.05, 4.69) is 15.4 Å². The van der Waals surface area contributed by atoms with Crippen LogP contribution in [0.3, 0.4) is 0 Å². The Bertz CT molecular complexity index is 828. The average molecular weight is 353 g/mol. The van der Waals surface area contributed by atoms with E-state index in [4.69, 9.17) is 17.4 Å². The van der Waals surface area contributed by atoms with E-state index in [0.717, 1.165) is 11.1 Å². The van der Waals surface area contributed by atoms with Crippen molar-refractivity contribution in [1.82, 2.24) is 9.99 Å². The standard InChI is InChI=1S/C18H23N7O/c1-3-4-9-25(21)18(24-20)16-10-14(11-22-17(16)19)13-5-7-15(8-6-13)23-12(2)26/h3-8,10-11H,9,20-21H2,1-2H3,(H2,19,22)(H,23,26)/b4-3-,24-18-. The normalized spacial score (nSPS) is 11.6. The molecule has 0 atom stereocenters. The number of carbonyl (C=O) groups is 1. The number of nitrogens with zero attached hydrogens (tertiary/aromatic N) is 3. The van der Waals surface area contributed by atoms with Crippen LogP contribution in [0, 0.1) is 0 Å². The number of carbonyl (C=O) groups excluding carboxylic acids is 1. The summed E-state index contributed by atoms with van der Waals surface area (Å²) in [4.78, 5) is 15.3. The quantitative estimate of drug-likeness (QED) is 0.212. The predicted molar refractivity (Wildman–Crippen MR) is 105 cm³/mol. The van der Waals surface area contributed by atoms with E-state index in [1.54, 1.807) is 6.20 Å². The fourth-order valence-corrected chi connectivity index (χ4v) is 2.37. The van der Waals surface area contributed by atoms with Crippen LogP contribution in [-0.2, 0) is 4.79 Å². The van der Waals surface area contributed by atoms with Crippen LogP contribution in [0.5, 0.6) is 0 Å². The molecule has 7 N–H and O–H groups in total. The van der Waals surface area contributed by atoms with Gasteiger partial charge >= 0.3 is 0 Å². The van der Waals surface area contributed by atoms with Crippen molar-refractivity contribution in [3.63, 3.8) is 0 Å². The highest BCUT2D eigenvalue weighted by Gasteiger charge is 2.15. The largest absolute Gasteiger partial charge is 0.383 e. The first-order valence-electron chi connectivity index (χ1n) is 8.01. The van der Waals surface area contributed by atoms with E-state index >= 15 is 0 Å². The Labute approximate surface area is 152 Å². The molecule has 0 fully saturated rings. The Hall–Kier alpha value is -3.39. The lowest BCUT2D eigenvalue weighted by molar-refractivity contribution is -0.114. The third-order valence-electron chi connectivity index (χ3n) is 3.63. The van der Waals surface area contributed by atoms with Gasteiger partial charge < -0.3 is 16.9 Å².